The van der Waals surface area contributed by atoms with Crippen LogP contribution >= 0.6 is 22.6 Å². The highest BCUT2D eigenvalue weighted by atomic mass is 127. The molecule has 1 aromatic heterocycles. The molecule has 0 fully saturated rings. The second-order valence-corrected chi connectivity index (χ2v) is 6.94. The molecule has 2 aromatic carbocycles. The van der Waals surface area contributed by atoms with Gasteiger partial charge in [0.15, 0.2) is 17.3 Å². The van der Waals surface area contributed by atoms with Gasteiger partial charge in [-0.3, -0.25) is 0 Å². The highest BCUT2D eigenvalue weighted by Gasteiger charge is 2.31. The molecule has 0 amide bonds. The minimum absolute atomic E-state index is 0.0738. The molecule has 0 bridgehead atoms. The summed E-state index contributed by atoms with van der Waals surface area (Å²) in [5.41, 5.74) is 0.650. The Kier molecular flexibility index (Phi) is 6.16. The van der Waals surface area contributed by atoms with Gasteiger partial charge in [0.05, 0.1) is 30.6 Å². The number of aromatic nitrogens is 2. The van der Waals surface area contributed by atoms with Crippen molar-refractivity contribution >= 4 is 34.5 Å². The second kappa shape index (κ2) is 8.60. The minimum atomic E-state index is -0.797. The lowest BCUT2D eigenvalue weighted by Gasteiger charge is -2.08. The Bertz CT molecular complexity index is 1060. The van der Waals surface area contributed by atoms with Crippen molar-refractivity contribution in [3.8, 4) is 22.7 Å². The monoisotopic (exact) mass is 510 g/mol. The van der Waals surface area contributed by atoms with E-state index in [4.69, 9.17) is 14.2 Å². The highest BCUT2D eigenvalue weighted by molar-refractivity contribution is 14.1. The molecule has 0 aliphatic rings. The van der Waals surface area contributed by atoms with Gasteiger partial charge in [0.2, 0.25) is 0 Å². The lowest BCUT2D eigenvalue weighted by atomic mass is 10.1. The second-order valence-electron chi connectivity index (χ2n) is 5.78. The van der Waals surface area contributed by atoms with Crippen molar-refractivity contribution in [1.29, 1.82) is 0 Å². The summed E-state index contributed by atoms with van der Waals surface area (Å²) >= 11 is 1.92. The van der Waals surface area contributed by atoms with E-state index < -0.39 is 17.8 Å². The number of nitrogens with zero attached hydrogens (tertiary/aromatic N) is 2. The summed E-state index contributed by atoms with van der Waals surface area (Å²) < 4.78 is 31.0. The van der Waals surface area contributed by atoms with Crippen molar-refractivity contribution in [3.05, 3.63) is 63.1 Å². The van der Waals surface area contributed by atoms with Crippen molar-refractivity contribution in [3.63, 3.8) is 0 Å². The maximum absolute atomic E-state index is 14.5. The van der Waals surface area contributed by atoms with Gasteiger partial charge in [-0.2, -0.15) is 5.10 Å². The predicted octanol–water partition coefficient (Wildman–Crippen LogP) is 3.86. The molecule has 0 saturated heterocycles. The number of carbonyl (C=O) groups excluding carboxylic acids is 2. The molecular weight excluding hydrogens is 494 g/mol. The Labute approximate surface area is 179 Å². The van der Waals surface area contributed by atoms with Gasteiger partial charge in [-0.15, -0.1) is 0 Å². The zero-order valence-corrected chi connectivity index (χ0v) is 17.9. The average molecular weight is 510 g/mol. The molecule has 150 valence electrons. The van der Waals surface area contributed by atoms with Crippen LogP contribution in [0.5, 0.6) is 5.75 Å². The number of esters is 2. The van der Waals surface area contributed by atoms with E-state index in [1.807, 2.05) is 22.6 Å². The van der Waals surface area contributed by atoms with Gasteiger partial charge in [-0.25, -0.2) is 18.7 Å². The third kappa shape index (κ3) is 3.82. The number of para-hydroxylation sites is 1. The van der Waals surface area contributed by atoms with Crippen LogP contribution in [0.15, 0.2) is 42.5 Å². The van der Waals surface area contributed by atoms with Crippen LogP contribution in [0.4, 0.5) is 4.39 Å². The van der Waals surface area contributed by atoms with E-state index >= 15 is 0 Å². The minimum Gasteiger partial charge on any atom is -0.493 e. The third-order valence-electron chi connectivity index (χ3n) is 4.13. The Morgan fingerprint density at radius 2 is 1.69 bits per heavy atom. The Morgan fingerprint density at radius 3 is 2.24 bits per heavy atom. The first-order chi connectivity index (χ1) is 13.9. The zero-order valence-electron chi connectivity index (χ0n) is 15.7. The molecule has 1 heterocycles. The molecule has 0 saturated carbocycles. The van der Waals surface area contributed by atoms with Crippen LogP contribution in [0.3, 0.4) is 0 Å². The van der Waals surface area contributed by atoms with Gasteiger partial charge in [0.1, 0.15) is 11.3 Å². The first-order valence-electron chi connectivity index (χ1n) is 8.31. The molecule has 29 heavy (non-hydrogen) atoms. The molecule has 0 aliphatic carbocycles. The molecule has 0 radical (unpaired) electrons. The van der Waals surface area contributed by atoms with E-state index in [1.54, 1.807) is 36.4 Å². The molecule has 0 unspecified atom stereocenters. The molecule has 3 rings (SSSR count). The maximum Gasteiger partial charge on any atom is 0.357 e. The van der Waals surface area contributed by atoms with Gasteiger partial charge in [0.25, 0.3) is 0 Å². The summed E-state index contributed by atoms with van der Waals surface area (Å²) in [4.78, 5) is 25.1. The largest absolute Gasteiger partial charge is 0.493 e. The fourth-order valence-corrected chi connectivity index (χ4v) is 3.66. The number of halogens is 2. The van der Waals surface area contributed by atoms with Crippen LogP contribution in [-0.4, -0.2) is 43.0 Å². The standard InChI is InChI=1S/C20H16FIN2O5/c1-27-18-13(21)9-11(10-14(18)22)16-15(19(25)28-2)17(20(26)29-3)24(23-16)12-7-5-4-6-8-12/h4-10H,1-3H3. The van der Waals surface area contributed by atoms with Crippen molar-refractivity contribution < 1.29 is 28.2 Å². The van der Waals surface area contributed by atoms with Gasteiger partial charge in [-0.05, 0) is 46.9 Å². The summed E-state index contributed by atoms with van der Waals surface area (Å²) in [6.07, 6.45) is 0. The van der Waals surface area contributed by atoms with Crippen LogP contribution in [0.1, 0.15) is 20.8 Å². The highest BCUT2D eigenvalue weighted by Crippen LogP contribution is 2.34. The van der Waals surface area contributed by atoms with E-state index in [0.717, 1.165) is 0 Å². The van der Waals surface area contributed by atoms with Crippen LogP contribution < -0.4 is 4.74 Å². The molecule has 3 aromatic rings. The number of carbonyl (C=O) groups is 2. The van der Waals surface area contributed by atoms with Crippen molar-refractivity contribution in [2.24, 2.45) is 0 Å². The first-order valence-corrected chi connectivity index (χ1v) is 9.39. The molecular formula is C20H16FIN2O5. The average Bonchev–Trinajstić information content (AvgIpc) is 3.13. The molecule has 0 aliphatic heterocycles. The summed E-state index contributed by atoms with van der Waals surface area (Å²) in [5, 5.41) is 4.43. The van der Waals surface area contributed by atoms with E-state index in [9.17, 15) is 14.0 Å². The number of rotatable bonds is 5. The van der Waals surface area contributed by atoms with Crippen molar-refractivity contribution in [1.82, 2.24) is 9.78 Å². The molecule has 0 atom stereocenters. The summed E-state index contributed by atoms with van der Waals surface area (Å²) in [7, 11) is 3.74. The Morgan fingerprint density at radius 1 is 1.03 bits per heavy atom. The number of hydrogen-bond acceptors (Lipinski definition) is 6. The maximum atomic E-state index is 14.5. The van der Waals surface area contributed by atoms with Gasteiger partial charge < -0.3 is 14.2 Å². The normalized spacial score (nSPS) is 10.5. The SMILES string of the molecule is COC(=O)c1c(-c2cc(F)c(OC)c(I)c2)nn(-c2ccccc2)c1C(=O)OC. The number of methoxy groups -OCH3 is 3. The van der Waals surface area contributed by atoms with Crippen LogP contribution in [0.2, 0.25) is 0 Å². The fourth-order valence-electron chi connectivity index (χ4n) is 2.85. The van der Waals surface area contributed by atoms with E-state index in [-0.39, 0.29) is 28.3 Å². The first kappa shape index (κ1) is 20.8. The number of benzene rings is 2. The molecule has 0 N–H and O–H groups in total. The Balaban J connectivity index is 2.37. The third-order valence-corrected chi connectivity index (χ3v) is 4.93. The van der Waals surface area contributed by atoms with Crippen LogP contribution in [0.25, 0.3) is 16.9 Å². The van der Waals surface area contributed by atoms with E-state index in [0.29, 0.717) is 9.26 Å². The lowest BCUT2D eigenvalue weighted by Crippen LogP contribution is -2.15. The summed E-state index contributed by atoms with van der Waals surface area (Å²) in [6, 6.07) is 11.5. The topological polar surface area (TPSA) is 79.7 Å². The summed E-state index contributed by atoms with van der Waals surface area (Å²) in [6.45, 7) is 0. The number of hydrogen-bond donors (Lipinski definition) is 0. The number of ether oxygens (including phenoxy) is 3. The molecule has 0 spiro atoms. The smallest absolute Gasteiger partial charge is 0.357 e. The lowest BCUT2D eigenvalue weighted by molar-refractivity contribution is 0.0549. The Hall–Kier alpha value is -2.95. The fraction of sp³-hybridized carbons (Fsp3) is 0.150. The van der Waals surface area contributed by atoms with Gasteiger partial charge >= 0.3 is 11.9 Å². The zero-order chi connectivity index (χ0) is 21.1. The van der Waals surface area contributed by atoms with Crippen LogP contribution in [0, 0.1) is 9.39 Å². The van der Waals surface area contributed by atoms with Crippen molar-refractivity contribution in [2.75, 3.05) is 21.3 Å². The van der Waals surface area contributed by atoms with Crippen molar-refractivity contribution in [2.45, 2.75) is 0 Å². The van der Waals surface area contributed by atoms with E-state index in [2.05, 4.69) is 5.10 Å². The van der Waals surface area contributed by atoms with Gasteiger partial charge in [0, 0.05) is 5.56 Å². The predicted molar refractivity (Wildman–Crippen MR) is 111 cm³/mol. The van der Waals surface area contributed by atoms with Gasteiger partial charge in [-0.1, -0.05) is 18.2 Å². The summed E-state index contributed by atoms with van der Waals surface area (Å²) in [5.74, 6) is -2.13. The van der Waals surface area contributed by atoms with Crippen LogP contribution in [-0.2, 0) is 9.47 Å². The molecule has 7 nitrogen and oxygen atoms in total. The molecule has 9 heteroatoms. The van der Waals surface area contributed by atoms with E-state index in [1.165, 1.54) is 32.1 Å². The quantitative estimate of drug-likeness (QED) is 0.383.